The summed E-state index contributed by atoms with van der Waals surface area (Å²) in [4.78, 5) is 52.9. The number of ether oxygens (including phenoxy) is 2. The number of nitrogens with one attached hydrogen (secondary N) is 1. The zero-order chi connectivity index (χ0) is 29.1. The number of piperidine rings is 2. The number of carbonyl (C=O) groups excluding carboxylic acids is 3. The molecule has 0 radical (unpaired) electrons. The standard InChI is InChI=1S/C30H43N3O7/c1-30(2,3)40-29(38)32-16-13-22(14-17-32)11-12-26(34)33-15-7-10-24(19-33)28(37)31-25(18-27(35)36)21-39-20-23-8-5-4-6-9-23/h4-6,8-9,11-12,22,24-25H,7,10,13-21H2,1-3H3,(H,31,37)(H,35,36)/b12-11+/t24-,25+/m1/s1. The molecule has 2 N–H and O–H groups in total. The molecule has 3 amide bonds. The number of benzene rings is 1. The van der Waals surface area contributed by atoms with E-state index in [1.807, 2.05) is 57.2 Å². The normalized spacial score (nSPS) is 19.3. The third kappa shape index (κ3) is 10.6. The largest absolute Gasteiger partial charge is 0.481 e. The maximum Gasteiger partial charge on any atom is 0.410 e. The van der Waals surface area contributed by atoms with Gasteiger partial charge in [0.25, 0.3) is 0 Å². The van der Waals surface area contributed by atoms with E-state index in [-0.39, 0.29) is 43.4 Å². The first-order valence-corrected chi connectivity index (χ1v) is 14.1. The van der Waals surface area contributed by atoms with Crippen LogP contribution in [0.25, 0.3) is 0 Å². The van der Waals surface area contributed by atoms with Gasteiger partial charge in [-0.1, -0.05) is 36.4 Å². The lowest BCUT2D eigenvalue weighted by molar-refractivity contribution is -0.138. The second-order valence-electron chi connectivity index (χ2n) is 11.6. The van der Waals surface area contributed by atoms with Crippen LogP contribution in [-0.2, 0) is 30.5 Å². The zero-order valence-corrected chi connectivity index (χ0v) is 23.8. The first kappa shape index (κ1) is 31.1. The Bertz CT molecular complexity index is 1030. The van der Waals surface area contributed by atoms with Gasteiger partial charge in [0, 0.05) is 26.2 Å². The van der Waals surface area contributed by atoms with Gasteiger partial charge in [0.15, 0.2) is 0 Å². The second kappa shape index (κ2) is 14.8. The van der Waals surface area contributed by atoms with E-state index >= 15 is 0 Å². The quantitative estimate of drug-likeness (QED) is 0.421. The predicted molar refractivity (Wildman–Crippen MR) is 149 cm³/mol. The molecule has 1 aromatic rings. The van der Waals surface area contributed by atoms with Crippen molar-refractivity contribution in [1.82, 2.24) is 15.1 Å². The van der Waals surface area contributed by atoms with Gasteiger partial charge in [-0.3, -0.25) is 14.4 Å². The number of hydrogen-bond acceptors (Lipinski definition) is 6. The molecule has 220 valence electrons. The Hall–Kier alpha value is -3.40. The van der Waals surface area contributed by atoms with Crippen molar-refractivity contribution in [1.29, 1.82) is 0 Å². The lowest BCUT2D eigenvalue weighted by Crippen LogP contribution is -2.48. The number of carboxylic acids is 1. The van der Waals surface area contributed by atoms with E-state index < -0.39 is 23.5 Å². The topological polar surface area (TPSA) is 125 Å². The van der Waals surface area contributed by atoms with Crippen LogP contribution in [0.4, 0.5) is 4.79 Å². The summed E-state index contributed by atoms with van der Waals surface area (Å²) in [5.41, 5.74) is 0.433. The fourth-order valence-corrected chi connectivity index (χ4v) is 4.89. The minimum atomic E-state index is -1.02. The number of aliphatic carboxylic acids is 1. The maximum atomic E-state index is 13.0. The van der Waals surface area contributed by atoms with E-state index in [2.05, 4.69) is 5.32 Å². The van der Waals surface area contributed by atoms with Crippen LogP contribution in [0.2, 0.25) is 0 Å². The summed E-state index contributed by atoms with van der Waals surface area (Å²) in [7, 11) is 0. The SMILES string of the molecule is CC(C)(C)OC(=O)N1CCC(/C=C/C(=O)N2CCC[C@@H](C(=O)N[C@H](COCc3ccccc3)CC(=O)O)C2)CC1. The van der Waals surface area contributed by atoms with Crippen molar-refractivity contribution >= 4 is 23.9 Å². The van der Waals surface area contributed by atoms with E-state index in [9.17, 15) is 24.3 Å². The van der Waals surface area contributed by atoms with Gasteiger partial charge >= 0.3 is 12.1 Å². The van der Waals surface area contributed by atoms with E-state index in [1.54, 1.807) is 15.9 Å². The second-order valence-corrected chi connectivity index (χ2v) is 11.6. The van der Waals surface area contributed by atoms with E-state index in [0.29, 0.717) is 39.1 Å². The molecule has 2 atom stereocenters. The molecule has 2 saturated heterocycles. The molecule has 0 bridgehead atoms. The first-order chi connectivity index (χ1) is 19.0. The fraction of sp³-hybridized carbons (Fsp3) is 0.600. The number of carbonyl (C=O) groups is 4. The molecular weight excluding hydrogens is 514 g/mol. The summed E-state index contributed by atoms with van der Waals surface area (Å²) in [6.07, 6.45) is 5.77. The molecule has 0 saturated carbocycles. The molecule has 2 fully saturated rings. The smallest absolute Gasteiger partial charge is 0.410 e. The van der Waals surface area contributed by atoms with Crippen molar-refractivity contribution < 1.29 is 33.8 Å². The summed E-state index contributed by atoms with van der Waals surface area (Å²) in [6.45, 7) is 7.96. The highest BCUT2D eigenvalue weighted by Gasteiger charge is 2.30. The Kier molecular flexibility index (Phi) is 11.5. The summed E-state index contributed by atoms with van der Waals surface area (Å²) in [5, 5.41) is 12.1. The third-order valence-electron chi connectivity index (χ3n) is 7.00. The third-order valence-corrected chi connectivity index (χ3v) is 7.00. The number of carboxylic acid groups (broad SMARTS) is 1. The molecule has 40 heavy (non-hydrogen) atoms. The molecule has 2 aliphatic heterocycles. The molecular formula is C30H43N3O7. The van der Waals surface area contributed by atoms with Crippen molar-refractivity contribution in [3.8, 4) is 0 Å². The predicted octanol–water partition coefficient (Wildman–Crippen LogP) is 3.60. The number of amides is 3. The highest BCUT2D eigenvalue weighted by atomic mass is 16.6. The first-order valence-electron chi connectivity index (χ1n) is 14.1. The number of nitrogens with zero attached hydrogens (tertiary/aromatic N) is 2. The Morgan fingerprint density at radius 3 is 2.40 bits per heavy atom. The van der Waals surface area contributed by atoms with Gasteiger partial charge < -0.3 is 29.7 Å². The number of allylic oxidation sites excluding steroid dienone is 1. The van der Waals surface area contributed by atoms with Crippen molar-refractivity contribution in [3.05, 3.63) is 48.0 Å². The number of likely N-dealkylation sites (tertiary alicyclic amines) is 2. The van der Waals surface area contributed by atoms with Crippen molar-refractivity contribution in [2.45, 2.75) is 71.1 Å². The summed E-state index contributed by atoms with van der Waals surface area (Å²) >= 11 is 0. The summed E-state index contributed by atoms with van der Waals surface area (Å²) < 4.78 is 11.1. The highest BCUT2D eigenvalue weighted by Crippen LogP contribution is 2.22. The minimum Gasteiger partial charge on any atom is -0.481 e. The minimum absolute atomic E-state index is 0.0811. The van der Waals surface area contributed by atoms with Gasteiger partial charge in [0.1, 0.15) is 5.60 Å². The lowest BCUT2D eigenvalue weighted by Gasteiger charge is -2.33. The van der Waals surface area contributed by atoms with Crippen molar-refractivity contribution in [3.63, 3.8) is 0 Å². The van der Waals surface area contributed by atoms with Crippen LogP contribution in [0.15, 0.2) is 42.5 Å². The monoisotopic (exact) mass is 557 g/mol. The zero-order valence-electron chi connectivity index (χ0n) is 23.8. The van der Waals surface area contributed by atoms with Crippen LogP contribution < -0.4 is 5.32 Å². The molecule has 2 aliphatic rings. The Balaban J connectivity index is 1.45. The molecule has 0 spiro atoms. The molecule has 3 rings (SSSR count). The van der Waals surface area contributed by atoms with Gasteiger partial charge in [-0.15, -0.1) is 0 Å². The van der Waals surface area contributed by atoms with Gasteiger partial charge in [-0.25, -0.2) is 4.79 Å². The molecule has 10 heteroatoms. The van der Waals surface area contributed by atoms with E-state index in [0.717, 1.165) is 18.4 Å². The molecule has 1 aromatic carbocycles. The Morgan fingerprint density at radius 1 is 1.05 bits per heavy atom. The van der Waals surface area contributed by atoms with Crippen LogP contribution in [0, 0.1) is 11.8 Å². The molecule has 10 nitrogen and oxygen atoms in total. The molecule has 2 heterocycles. The molecule has 0 aliphatic carbocycles. The summed E-state index contributed by atoms with van der Waals surface area (Å²) in [6, 6.07) is 8.87. The number of rotatable bonds is 10. The van der Waals surface area contributed by atoms with Gasteiger partial charge in [0.2, 0.25) is 11.8 Å². The van der Waals surface area contributed by atoms with Crippen LogP contribution in [0.1, 0.15) is 58.4 Å². The van der Waals surface area contributed by atoms with E-state index in [1.165, 1.54) is 0 Å². The van der Waals surface area contributed by atoms with Gasteiger partial charge in [-0.05, 0) is 64.0 Å². The molecule has 0 aromatic heterocycles. The summed E-state index contributed by atoms with van der Waals surface area (Å²) in [5.74, 6) is -1.63. The van der Waals surface area contributed by atoms with Crippen LogP contribution in [-0.4, -0.2) is 83.2 Å². The lowest BCUT2D eigenvalue weighted by atomic mass is 9.95. The Morgan fingerprint density at radius 2 is 1.75 bits per heavy atom. The van der Waals surface area contributed by atoms with Crippen LogP contribution >= 0.6 is 0 Å². The van der Waals surface area contributed by atoms with Gasteiger partial charge in [-0.2, -0.15) is 0 Å². The Labute approximate surface area is 236 Å². The average Bonchev–Trinajstić information content (AvgIpc) is 2.91. The average molecular weight is 558 g/mol. The van der Waals surface area contributed by atoms with Crippen molar-refractivity contribution in [2.24, 2.45) is 11.8 Å². The highest BCUT2D eigenvalue weighted by molar-refractivity contribution is 5.88. The van der Waals surface area contributed by atoms with Crippen molar-refractivity contribution in [2.75, 3.05) is 32.8 Å². The van der Waals surface area contributed by atoms with Crippen LogP contribution in [0.5, 0.6) is 0 Å². The maximum absolute atomic E-state index is 13.0. The fourth-order valence-electron chi connectivity index (χ4n) is 4.89. The van der Waals surface area contributed by atoms with Gasteiger partial charge in [0.05, 0.1) is 31.6 Å². The molecule has 0 unspecified atom stereocenters. The number of hydrogen-bond donors (Lipinski definition) is 2. The van der Waals surface area contributed by atoms with Crippen LogP contribution in [0.3, 0.4) is 0 Å². The van der Waals surface area contributed by atoms with E-state index in [4.69, 9.17) is 9.47 Å².